The second kappa shape index (κ2) is 11.3. The van der Waals surface area contributed by atoms with Crippen LogP contribution in [0.5, 0.6) is 11.5 Å². The van der Waals surface area contributed by atoms with Crippen LogP contribution in [0, 0.1) is 0 Å². The molecule has 2 rings (SSSR count). The third kappa shape index (κ3) is 6.18. The summed E-state index contributed by atoms with van der Waals surface area (Å²) >= 11 is 5.61. The normalized spacial score (nSPS) is 17.2. The van der Waals surface area contributed by atoms with Gasteiger partial charge < -0.3 is 20.1 Å². The van der Waals surface area contributed by atoms with Crippen molar-refractivity contribution in [1.82, 2.24) is 10.6 Å². The van der Waals surface area contributed by atoms with Crippen LogP contribution in [0.2, 0.25) is 0 Å². The number of benzene rings is 1. The molecule has 0 bridgehead atoms. The van der Waals surface area contributed by atoms with E-state index in [2.05, 4.69) is 31.6 Å². The lowest BCUT2D eigenvalue weighted by atomic mass is 10.2. The molecule has 1 unspecified atom stereocenters. The van der Waals surface area contributed by atoms with Crippen molar-refractivity contribution >= 4 is 57.6 Å². The highest BCUT2D eigenvalue weighted by molar-refractivity contribution is 14.0. The molecule has 1 aliphatic rings. The molecule has 5 nitrogen and oxygen atoms in total. The van der Waals surface area contributed by atoms with Crippen LogP contribution in [0.1, 0.15) is 18.4 Å². The molecule has 1 aliphatic heterocycles. The number of halogens is 2. The molecule has 1 fully saturated rings. The summed E-state index contributed by atoms with van der Waals surface area (Å²) in [5.41, 5.74) is 1.08. The second-order valence-electron chi connectivity index (χ2n) is 5.24. The van der Waals surface area contributed by atoms with E-state index in [1.54, 1.807) is 21.3 Å². The number of hydrogen-bond acceptors (Lipinski definition) is 4. The molecule has 2 N–H and O–H groups in total. The number of nitrogens with one attached hydrogen (secondary N) is 2. The zero-order valence-electron chi connectivity index (χ0n) is 14.2. The van der Waals surface area contributed by atoms with E-state index in [1.165, 1.54) is 18.6 Å². The fourth-order valence-electron chi connectivity index (χ4n) is 2.45. The second-order valence-corrected chi connectivity index (χ2v) is 7.50. The molecule has 0 aliphatic carbocycles. The molecular formula is C16H25BrIN3O2S. The molecule has 136 valence electrons. The number of nitrogens with zero attached hydrogens (tertiary/aromatic N) is 1. The van der Waals surface area contributed by atoms with Crippen LogP contribution in [0.15, 0.2) is 21.6 Å². The fourth-order valence-corrected chi connectivity index (χ4v) is 4.11. The lowest BCUT2D eigenvalue weighted by Gasteiger charge is -2.16. The fraction of sp³-hybridized carbons (Fsp3) is 0.562. The average molecular weight is 530 g/mol. The number of ether oxygens (including phenoxy) is 2. The summed E-state index contributed by atoms with van der Waals surface area (Å²) in [6.07, 6.45) is 2.61. The van der Waals surface area contributed by atoms with Gasteiger partial charge in [0.15, 0.2) is 17.5 Å². The van der Waals surface area contributed by atoms with E-state index >= 15 is 0 Å². The third-order valence-electron chi connectivity index (χ3n) is 3.74. The minimum absolute atomic E-state index is 0. The van der Waals surface area contributed by atoms with Gasteiger partial charge in [-0.3, -0.25) is 4.99 Å². The van der Waals surface area contributed by atoms with Gasteiger partial charge in [-0.2, -0.15) is 11.8 Å². The maximum atomic E-state index is 5.36. The van der Waals surface area contributed by atoms with E-state index in [-0.39, 0.29) is 24.0 Å². The van der Waals surface area contributed by atoms with Gasteiger partial charge in [0.1, 0.15) is 0 Å². The first-order valence-corrected chi connectivity index (χ1v) is 9.48. The number of aliphatic imine (C=N–C) groups is 1. The van der Waals surface area contributed by atoms with Crippen molar-refractivity contribution in [2.75, 3.05) is 33.6 Å². The van der Waals surface area contributed by atoms with Gasteiger partial charge in [0, 0.05) is 29.9 Å². The first-order valence-electron chi connectivity index (χ1n) is 7.64. The molecule has 0 saturated carbocycles. The van der Waals surface area contributed by atoms with E-state index < -0.39 is 0 Å². The summed E-state index contributed by atoms with van der Waals surface area (Å²) in [5.74, 6) is 3.53. The maximum absolute atomic E-state index is 5.36. The number of thioether (sulfide) groups is 1. The van der Waals surface area contributed by atoms with Gasteiger partial charge in [0.2, 0.25) is 0 Å². The van der Waals surface area contributed by atoms with Gasteiger partial charge in [-0.25, -0.2) is 0 Å². The quantitative estimate of drug-likeness (QED) is 0.335. The topological polar surface area (TPSA) is 54.9 Å². The third-order valence-corrected chi connectivity index (χ3v) is 5.88. The lowest BCUT2D eigenvalue weighted by Crippen LogP contribution is -2.39. The Balaban J connectivity index is 0.00000288. The molecule has 1 atom stereocenters. The summed E-state index contributed by atoms with van der Waals surface area (Å²) in [5, 5.41) is 7.44. The molecule has 0 amide bonds. The smallest absolute Gasteiger partial charge is 0.191 e. The van der Waals surface area contributed by atoms with Crippen molar-refractivity contribution < 1.29 is 9.47 Å². The minimum Gasteiger partial charge on any atom is -0.493 e. The highest BCUT2D eigenvalue weighted by Gasteiger charge is 2.16. The average Bonchev–Trinajstić information content (AvgIpc) is 3.09. The Labute approximate surface area is 173 Å². The number of guanidine groups is 1. The number of hydrogen-bond donors (Lipinski definition) is 2. The zero-order chi connectivity index (χ0) is 16.7. The van der Waals surface area contributed by atoms with Gasteiger partial charge in [-0.05, 0) is 36.3 Å². The SMILES string of the molecule is CN=C(NCc1cc(OC)c(OC)cc1Br)NCC1CCCS1.I. The summed E-state index contributed by atoms with van der Waals surface area (Å²) in [7, 11) is 5.07. The largest absolute Gasteiger partial charge is 0.493 e. The maximum Gasteiger partial charge on any atom is 0.191 e. The molecule has 0 radical (unpaired) electrons. The Morgan fingerprint density at radius 1 is 1.29 bits per heavy atom. The van der Waals surface area contributed by atoms with Crippen LogP contribution >= 0.6 is 51.7 Å². The molecule has 24 heavy (non-hydrogen) atoms. The predicted octanol–water partition coefficient (Wildman–Crippen LogP) is 3.64. The molecule has 1 aromatic carbocycles. The summed E-state index contributed by atoms with van der Waals surface area (Å²) in [6.45, 7) is 1.61. The Morgan fingerprint density at radius 3 is 2.58 bits per heavy atom. The van der Waals surface area contributed by atoms with Crippen LogP contribution in [-0.4, -0.2) is 44.8 Å². The standard InChI is InChI=1S/C16H24BrN3O2S.HI/c1-18-16(20-10-12-5-4-6-23-12)19-9-11-7-14(21-2)15(22-3)8-13(11)17;/h7-8,12H,4-6,9-10H2,1-3H3,(H2,18,19,20);1H. The molecular weight excluding hydrogens is 505 g/mol. The minimum atomic E-state index is 0. The summed E-state index contributed by atoms with van der Waals surface area (Å²) in [6, 6.07) is 3.89. The van der Waals surface area contributed by atoms with Gasteiger partial charge in [-0.1, -0.05) is 15.9 Å². The summed E-state index contributed by atoms with van der Waals surface area (Å²) < 4.78 is 11.6. The summed E-state index contributed by atoms with van der Waals surface area (Å²) in [4.78, 5) is 4.28. The van der Waals surface area contributed by atoms with E-state index in [9.17, 15) is 0 Å². The van der Waals surface area contributed by atoms with Crippen LogP contribution in [0.3, 0.4) is 0 Å². The van der Waals surface area contributed by atoms with Crippen molar-refractivity contribution in [2.45, 2.75) is 24.6 Å². The first kappa shape index (κ1) is 21.7. The van der Waals surface area contributed by atoms with Crippen molar-refractivity contribution in [2.24, 2.45) is 4.99 Å². The first-order chi connectivity index (χ1) is 11.2. The van der Waals surface area contributed by atoms with E-state index in [1.807, 2.05) is 23.9 Å². The highest BCUT2D eigenvalue weighted by atomic mass is 127. The van der Waals surface area contributed by atoms with Crippen molar-refractivity contribution in [3.63, 3.8) is 0 Å². The molecule has 8 heteroatoms. The molecule has 1 heterocycles. The van der Waals surface area contributed by atoms with Gasteiger partial charge in [0.05, 0.1) is 14.2 Å². The van der Waals surface area contributed by atoms with Crippen LogP contribution < -0.4 is 20.1 Å². The van der Waals surface area contributed by atoms with Crippen LogP contribution in [-0.2, 0) is 6.54 Å². The Kier molecular flexibility index (Phi) is 10.2. The molecule has 0 spiro atoms. The number of rotatable bonds is 6. The Morgan fingerprint density at radius 2 is 2.00 bits per heavy atom. The zero-order valence-corrected chi connectivity index (χ0v) is 19.0. The van der Waals surface area contributed by atoms with Crippen molar-refractivity contribution in [3.05, 3.63) is 22.2 Å². The Bertz CT molecular complexity index is 554. The van der Waals surface area contributed by atoms with E-state index in [0.29, 0.717) is 17.5 Å². The predicted molar refractivity (Wildman–Crippen MR) is 116 cm³/mol. The van der Waals surface area contributed by atoms with Crippen molar-refractivity contribution in [3.8, 4) is 11.5 Å². The van der Waals surface area contributed by atoms with E-state index in [0.717, 1.165) is 28.3 Å². The Hall–Kier alpha value is -0.350. The lowest BCUT2D eigenvalue weighted by molar-refractivity contribution is 0.354. The molecule has 1 saturated heterocycles. The van der Waals surface area contributed by atoms with Crippen LogP contribution in [0.25, 0.3) is 0 Å². The molecule has 0 aromatic heterocycles. The number of methoxy groups -OCH3 is 2. The highest BCUT2D eigenvalue weighted by Crippen LogP contribution is 2.33. The van der Waals surface area contributed by atoms with Gasteiger partial charge in [0.25, 0.3) is 0 Å². The molecule has 1 aromatic rings. The van der Waals surface area contributed by atoms with E-state index in [4.69, 9.17) is 9.47 Å². The van der Waals surface area contributed by atoms with Crippen LogP contribution in [0.4, 0.5) is 0 Å². The van der Waals surface area contributed by atoms with Gasteiger partial charge in [-0.15, -0.1) is 24.0 Å². The van der Waals surface area contributed by atoms with Gasteiger partial charge >= 0.3 is 0 Å². The van der Waals surface area contributed by atoms with Crippen molar-refractivity contribution in [1.29, 1.82) is 0 Å². The monoisotopic (exact) mass is 529 g/mol.